The van der Waals surface area contributed by atoms with Gasteiger partial charge in [0.25, 0.3) is 5.91 Å². The van der Waals surface area contributed by atoms with E-state index in [-0.39, 0.29) is 45.0 Å². The van der Waals surface area contributed by atoms with Crippen LogP contribution in [0.25, 0.3) is 0 Å². The molecule has 0 unspecified atom stereocenters. The summed E-state index contributed by atoms with van der Waals surface area (Å²) in [5.41, 5.74) is 12.7. The number of piperidine rings is 1. The molecule has 0 spiro atoms. The Kier molecular flexibility index (Phi) is 9.99. The van der Waals surface area contributed by atoms with Crippen molar-refractivity contribution in [1.82, 2.24) is 14.7 Å². The number of amides is 1. The molecule has 5 rings (SSSR count). The molecule has 0 aliphatic carbocycles. The van der Waals surface area contributed by atoms with E-state index in [4.69, 9.17) is 28.1 Å². The van der Waals surface area contributed by atoms with Crippen molar-refractivity contribution in [3.8, 4) is 0 Å². The van der Waals surface area contributed by atoms with Gasteiger partial charge in [-0.15, -0.1) is 0 Å². The second-order valence-corrected chi connectivity index (χ2v) is 11.6. The van der Waals surface area contributed by atoms with Gasteiger partial charge in [0, 0.05) is 49.7 Å². The zero-order valence-electron chi connectivity index (χ0n) is 25.3. The molecule has 0 radical (unpaired) electrons. The summed E-state index contributed by atoms with van der Waals surface area (Å²) < 4.78 is 39.4. The Bertz CT molecular complexity index is 1600. The first-order valence-electron chi connectivity index (χ1n) is 14.8. The monoisotopic (exact) mass is 656 g/mol. The largest absolute Gasteiger partial charge is 0.416 e. The fourth-order valence-corrected chi connectivity index (χ4v) is 5.76. The van der Waals surface area contributed by atoms with Crippen molar-refractivity contribution in [2.45, 2.75) is 25.1 Å². The van der Waals surface area contributed by atoms with Crippen LogP contribution in [0, 0.1) is 0 Å². The van der Waals surface area contributed by atoms with Gasteiger partial charge in [0.15, 0.2) is 5.84 Å². The molecule has 3 aliphatic heterocycles. The van der Waals surface area contributed by atoms with E-state index in [9.17, 15) is 18.0 Å². The zero-order chi connectivity index (χ0) is 33.0. The number of nitrogens with two attached hydrogens (primary N) is 2. The van der Waals surface area contributed by atoms with Crippen LogP contribution in [0.1, 0.15) is 28.8 Å². The van der Waals surface area contributed by atoms with Gasteiger partial charge in [-0.05, 0) is 69.4 Å². The molecule has 6 N–H and O–H groups in total. The number of aliphatic imine (C=N–C) groups is 3. The second-order valence-electron chi connectivity index (χ2n) is 11.2. The Hall–Kier alpha value is -4.40. The molecule has 244 valence electrons. The molecule has 3 aliphatic rings. The van der Waals surface area contributed by atoms with Gasteiger partial charge in [-0.2, -0.15) is 18.2 Å². The first-order chi connectivity index (χ1) is 21.9. The number of nitrogens with one attached hydrogen (secondary N) is 2. The lowest BCUT2D eigenvalue weighted by Crippen LogP contribution is -2.54. The van der Waals surface area contributed by atoms with E-state index < -0.39 is 17.6 Å². The average molecular weight is 657 g/mol. The minimum Gasteiger partial charge on any atom is -0.383 e. The number of guanidine groups is 1. The van der Waals surface area contributed by atoms with Gasteiger partial charge < -0.3 is 31.9 Å². The lowest BCUT2D eigenvalue weighted by atomic mass is 10.0. The summed E-state index contributed by atoms with van der Waals surface area (Å²) >= 11 is 6.43. The SMILES string of the molecule is C=C/N=C1/C(N)=NC(N2CCN(C3CCN(C)CC3)CC2)=N/C1=C(/N)Nc1cc(C(=O)Nc2cccc(C(F)(F)F)c2)ccc1Cl. The molecule has 11 nitrogen and oxygen atoms in total. The standard InChI is InChI=1S/C31H36ClF3N10O/c1-3-38-25-26(41-30(42-27(25)36)45-15-13-44(14-16-45)22-9-11-43(2)12-10-22)28(37)40-24-17-19(7-8-23(24)32)29(46)39-21-6-4-5-20(18-21)31(33,34)35/h3-8,17-18,22,40H,1,9-16,37H2,2H3,(H,39,46)(H2,36,41,42)/b28-26-,38-25+. The fraction of sp³-hybridized carbons (Fsp3) is 0.355. The van der Waals surface area contributed by atoms with Gasteiger partial charge in [-0.3, -0.25) is 14.7 Å². The third-order valence-electron chi connectivity index (χ3n) is 8.12. The number of benzene rings is 2. The molecule has 2 fully saturated rings. The maximum Gasteiger partial charge on any atom is 0.416 e. The van der Waals surface area contributed by atoms with Crippen LogP contribution in [0.2, 0.25) is 5.02 Å². The van der Waals surface area contributed by atoms with Crippen molar-refractivity contribution in [3.63, 3.8) is 0 Å². The van der Waals surface area contributed by atoms with E-state index in [2.05, 4.69) is 48.9 Å². The first kappa shape index (κ1) is 33.0. The van der Waals surface area contributed by atoms with E-state index in [1.165, 1.54) is 36.5 Å². The summed E-state index contributed by atoms with van der Waals surface area (Å²) in [4.78, 5) is 33.4. The number of halogens is 4. The third-order valence-corrected chi connectivity index (χ3v) is 8.45. The number of carbonyl (C=O) groups is 1. The van der Waals surface area contributed by atoms with Crippen molar-refractivity contribution in [1.29, 1.82) is 0 Å². The summed E-state index contributed by atoms with van der Waals surface area (Å²) in [5.74, 6) is -0.0857. The maximum absolute atomic E-state index is 13.1. The Morgan fingerprint density at radius 3 is 2.46 bits per heavy atom. The van der Waals surface area contributed by atoms with Crippen molar-refractivity contribution in [2.75, 3.05) is 56.9 Å². The van der Waals surface area contributed by atoms with Crippen LogP contribution in [-0.2, 0) is 6.18 Å². The third kappa shape index (κ3) is 7.69. The Labute approximate surface area is 270 Å². The van der Waals surface area contributed by atoms with Crippen molar-refractivity contribution >= 4 is 46.4 Å². The molecular formula is C31H36ClF3N10O. The highest BCUT2D eigenvalue weighted by Gasteiger charge is 2.31. The Morgan fingerprint density at radius 1 is 1.07 bits per heavy atom. The van der Waals surface area contributed by atoms with Crippen molar-refractivity contribution < 1.29 is 18.0 Å². The molecule has 15 heteroatoms. The van der Waals surface area contributed by atoms with Gasteiger partial charge in [0.1, 0.15) is 17.2 Å². The van der Waals surface area contributed by atoms with E-state index in [1.807, 2.05) is 0 Å². The molecule has 3 heterocycles. The quantitative estimate of drug-likeness (QED) is 0.366. The molecule has 2 aromatic rings. The Morgan fingerprint density at radius 2 is 1.78 bits per heavy atom. The van der Waals surface area contributed by atoms with Gasteiger partial charge >= 0.3 is 6.18 Å². The number of piperazine rings is 1. The lowest BCUT2D eigenvalue weighted by molar-refractivity contribution is -0.137. The molecule has 0 saturated carbocycles. The van der Waals surface area contributed by atoms with Crippen LogP contribution in [0.3, 0.4) is 0 Å². The van der Waals surface area contributed by atoms with Crippen molar-refractivity contribution in [2.24, 2.45) is 26.4 Å². The second kappa shape index (κ2) is 13.9. The number of rotatable bonds is 6. The number of nitrogens with zero attached hydrogens (tertiary/aromatic N) is 6. The molecule has 0 bridgehead atoms. The summed E-state index contributed by atoms with van der Waals surface area (Å²) in [6, 6.07) is 9.26. The summed E-state index contributed by atoms with van der Waals surface area (Å²) in [6.07, 6.45) is -0.948. The minimum absolute atomic E-state index is 0.0118. The maximum atomic E-state index is 13.1. The van der Waals surface area contributed by atoms with Gasteiger partial charge in [-0.25, -0.2) is 4.99 Å². The Balaban J connectivity index is 1.34. The van der Waals surface area contributed by atoms with E-state index >= 15 is 0 Å². The number of hydrogen-bond acceptors (Lipinski definition) is 10. The molecule has 0 aromatic heterocycles. The van der Waals surface area contributed by atoms with E-state index in [1.54, 1.807) is 0 Å². The van der Waals surface area contributed by atoms with Crippen LogP contribution in [0.15, 0.2) is 81.7 Å². The molecule has 2 aromatic carbocycles. The highest BCUT2D eigenvalue weighted by Crippen LogP contribution is 2.31. The van der Waals surface area contributed by atoms with Gasteiger partial charge in [-0.1, -0.05) is 24.2 Å². The number of amidine groups is 1. The number of anilines is 2. The molecule has 46 heavy (non-hydrogen) atoms. The van der Waals surface area contributed by atoms with Crippen LogP contribution in [-0.4, -0.2) is 90.5 Å². The summed E-state index contributed by atoms with van der Waals surface area (Å²) in [5, 5.41) is 5.70. The number of carbonyl (C=O) groups excluding carboxylic acids is 1. The molecule has 0 atom stereocenters. The smallest absolute Gasteiger partial charge is 0.383 e. The number of alkyl halides is 3. The highest BCUT2D eigenvalue weighted by molar-refractivity contribution is 6.49. The van der Waals surface area contributed by atoms with E-state index in [0.717, 1.165) is 51.2 Å². The summed E-state index contributed by atoms with van der Waals surface area (Å²) in [6.45, 7) is 9.01. The van der Waals surface area contributed by atoms with Gasteiger partial charge in [0.2, 0.25) is 5.96 Å². The predicted molar refractivity (Wildman–Crippen MR) is 176 cm³/mol. The van der Waals surface area contributed by atoms with Crippen LogP contribution in [0.4, 0.5) is 24.5 Å². The fourth-order valence-electron chi connectivity index (χ4n) is 5.60. The van der Waals surface area contributed by atoms with E-state index in [0.29, 0.717) is 25.1 Å². The minimum atomic E-state index is -4.55. The van der Waals surface area contributed by atoms with Crippen LogP contribution < -0.4 is 22.1 Å². The first-order valence-corrected chi connectivity index (χ1v) is 15.2. The highest BCUT2D eigenvalue weighted by atomic mass is 35.5. The molecule has 2 saturated heterocycles. The lowest BCUT2D eigenvalue weighted by Gasteiger charge is -2.42. The normalized spacial score (nSPS) is 20.6. The number of hydrogen-bond donors (Lipinski definition) is 4. The van der Waals surface area contributed by atoms with Crippen LogP contribution in [0.5, 0.6) is 0 Å². The predicted octanol–water partition coefficient (Wildman–Crippen LogP) is 4.17. The zero-order valence-corrected chi connectivity index (χ0v) is 26.1. The average Bonchev–Trinajstić information content (AvgIpc) is 3.03. The molecule has 1 amide bonds. The molecular weight excluding hydrogens is 621 g/mol. The van der Waals surface area contributed by atoms with Gasteiger partial charge in [0.05, 0.1) is 16.3 Å². The summed E-state index contributed by atoms with van der Waals surface area (Å²) in [7, 11) is 2.15. The van der Waals surface area contributed by atoms with Crippen LogP contribution >= 0.6 is 11.6 Å². The number of likely N-dealkylation sites (tertiary alicyclic amines) is 1. The van der Waals surface area contributed by atoms with Crippen molar-refractivity contribution in [3.05, 3.63) is 82.9 Å². The topological polar surface area (TPSA) is 140 Å².